The highest BCUT2D eigenvalue weighted by molar-refractivity contribution is 7.93. The molecule has 0 aliphatic carbocycles. The van der Waals surface area contributed by atoms with Gasteiger partial charge in [0.2, 0.25) is 5.91 Å². The number of aliphatic hydroxyl groups excluding tert-OH is 1. The van der Waals surface area contributed by atoms with E-state index in [9.17, 15) is 23.1 Å². The fourth-order valence-electron chi connectivity index (χ4n) is 2.87. The maximum absolute atomic E-state index is 12.2. The Hall–Kier alpha value is -1.61. The van der Waals surface area contributed by atoms with Crippen LogP contribution in [0.5, 0.6) is 0 Å². The summed E-state index contributed by atoms with van der Waals surface area (Å²) in [6.45, 7) is 1.83. The van der Waals surface area contributed by atoms with Crippen LogP contribution in [0.2, 0.25) is 0 Å². The number of hydrogen-bond donors (Lipinski definition) is 2. The van der Waals surface area contributed by atoms with Crippen molar-refractivity contribution >= 4 is 21.7 Å². The normalized spacial score (nSPS) is 20.6. The van der Waals surface area contributed by atoms with Crippen LogP contribution in [-0.2, 0) is 24.2 Å². The minimum absolute atomic E-state index is 0.215. The van der Waals surface area contributed by atoms with E-state index in [-0.39, 0.29) is 13.0 Å². The standard InChI is InChI=1S/C17H29NO7S/c1-2-3-4-7-14(19)9-10-18-15(20)13-26(23,24)16(18)8-5-6-11-25-12-17(21)22/h6,11,14,16,19H,2-5,7-10,12-13H2,1H3,(H,21,22)/b11-6-. The van der Waals surface area contributed by atoms with Gasteiger partial charge in [0, 0.05) is 6.54 Å². The molecule has 26 heavy (non-hydrogen) atoms. The number of carboxylic acids is 1. The van der Waals surface area contributed by atoms with E-state index < -0.39 is 45.6 Å². The largest absolute Gasteiger partial charge is 0.490 e. The van der Waals surface area contributed by atoms with E-state index in [2.05, 4.69) is 6.92 Å². The molecule has 0 aromatic rings. The molecular weight excluding hydrogens is 362 g/mol. The lowest BCUT2D eigenvalue weighted by atomic mass is 10.1. The Morgan fingerprint density at radius 2 is 2.12 bits per heavy atom. The number of amides is 1. The van der Waals surface area contributed by atoms with E-state index in [1.807, 2.05) is 0 Å². The van der Waals surface area contributed by atoms with Crippen LogP contribution in [0.4, 0.5) is 0 Å². The molecule has 8 nitrogen and oxygen atoms in total. The molecule has 1 fully saturated rings. The van der Waals surface area contributed by atoms with Crippen molar-refractivity contribution in [3.8, 4) is 0 Å². The van der Waals surface area contributed by atoms with Crippen LogP contribution in [0.3, 0.4) is 0 Å². The summed E-state index contributed by atoms with van der Waals surface area (Å²) in [6.07, 6.45) is 6.79. The second kappa shape index (κ2) is 11.2. The van der Waals surface area contributed by atoms with Crippen molar-refractivity contribution in [1.29, 1.82) is 0 Å². The maximum atomic E-state index is 12.2. The highest BCUT2D eigenvalue weighted by atomic mass is 32.2. The van der Waals surface area contributed by atoms with Crippen LogP contribution in [0, 0.1) is 0 Å². The number of carbonyl (C=O) groups is 2. The Labute approximate surface area is 154 Å². The molecule has 0 bridgehead atoms. The summed E-state index contributed by atoms with van der Waals surface area (Å²) in [5.41, 5.74) is 0. The molecule has 1 aliphatic heterocycles. The summed E-state index contributed by atoms with van der Waals surface area (Å²) in [7, 11) is -3.53. The van der Waals surface area contributed by atoms with Gasteiger partial charge < -0.3 is 19.8 Å². The summed E-state index contributed by atoms with van der Waals surface area (Å²) < 4.78 is 29.1. The lowest BCUT2D eigenvalue weighted by Crippen LogP contribution is -2.37. The van der Waals surface area contributed by atoms with Crippen LogP contribution in [0.25, 0.3) is 0 Å². The van der Waals surface area contributed by atoms with E-state index in [1.54, 1.807) is 6.08 Å². The van der Waals surface area contributed by atoms with Gasteiger partial charge in [-0.1, -0.05) is 26.2 Å². The monoisotopic (exact) mass is 391 g/mol. The number of unbranched alkanes of at least 4 members (excludes halogenated alkanes) is 2. The Bertz CT molecular complexity index is 588. The van der Waals surface area contributed by atoms with Gasteiger partial charge in [-0.3, -0.25) is 4.79 Å². The zero-order valence-corrected chi connectivity index (χ0v) is 16.0. The van der Waals surface area contributed by atoms with Crippen molar-refractivity contribution in [2.24, 2.45) is 0 Å². The second-order valence-electron chi connectivity index (χ2n) is 6.44. The minimum atomic E-state index is -3.53. The van der Waals surface area contributed by atoms with Crippen LogP contribution < -0.4 is 0 Å². The molecule has 1 heterocycles. The van der Waals surface area contributed by atoms with Gasteiger partial charge in [-0.2, -0.15) is 0 Å². The topological polar surface area (TPSA) is 121 Å². The summed E-state index contributed by atoms with van der Waals surface area (Å²) in [5, 5.41) is 17.5. The molecule has 0 aromatic carbocycles. The Morgan fingerprint density at radius 1 is 1.38 bits per heavy atom. The number of allylic oxidation sites excluding steroid dienone is 1. The predicted molar refractivity (Wildman–Crippen MR) is 96.0 cm³/mol. The molecule has 1 amide bonds. The van der Waals surface area contributed by atoms with Gasteiger partial charge in [0.25, 0.3) is 0 Å². The summed E-state index contributed by atoms with van der Waals surface area (Å²) in [4.78, 5) is 23.7. The van der Waals surface area contributed by atoms with Gasteiger partial charge in [0.05, 0.1) is 12.4 Å². The van der Waals surface area contributed by atoms with Crippen LogP contribution in [-0.4, -0.2) is 65.8 Å². The highest BCUT2D eigenvalue weighted by Gasteiger charge is 2.42. The molecule has 0 saturated carbocycles. The first-order chi connectivity index (χ1) is 12.3. The average molecular weight is 391 g/mol. The number of aliphatic carboxylic acids is 1. The smallest absolute Gasteiger partial charge is 0.341 e. The molecule has 1 rings (SSSR count). The number of nitrogens with zero attached hydrogens (tertiary/aromatic N) is 1. The van der Waals surface area contributed by atoms with Crippen molar-refractivity contribution in [1.82, 2.24) is 4.90 Å². The summed E-state index contributed by atoms with van der Waals surface area (Å²) >= 11 is 0. The van der Waals surface area contributed by atoms with Crippen molar-refractivity contribution in [3.63, 3.8) is 0 Å². The fourth-order valence-corrected chi connectivity index (χ4v) is 4.67. The number of hydrogen-bond acceptors (Lipinski definition) is 6. The Balaban J connectivity index is 2.51. The molecule has 9 heteroatoms. The van der Waals surface area contributed by atoms with E-state index >= 15 is 0 Å². The SMILES string of the molecule is CCCCCC(O)CCN1C(=O)CS(=O)(=O)C1CC/C=C\OCC(=O)O. The second-order valence-corrected chi connectivity index (χ2v) is 8.60. The molecule has 2 unspecified atom stereocenters. The number of aliphatic hydroxyl groups is 1. The highest BCUT2D eigenvalue weighted by Crippen LogP contribution is 2.24. The first kappa shape index (κ1) is 22.4. The van der Waals surface area contributed by atoms with Gasteiger partial charge in [0.15, 0.2) is 16.4 Å². The van der Waals surface area contributed by atoms with Crippen molar-refractivity contribution in [2.45, 2.75) is 63.3 Å². The number of ether oxygens (including phenoxy) is 1. The molecule has 0 radical (unpaired) electrons. The van der Waals surface area contributed by atoms with Crippen molar-refractivity contribution in [3.05, 3.63) is 12.3 Å². The van der Waals surface area contributed by atoms with Gasteiger partial charge in [-0.15, -0.1) is 0 Å². The predicted octanol–water partition coefficient (Wildman–Crippen LogP) is 1.30. The van der Waals surface area contributed by atoms with E-state index in [4.69, 9.17) is 9.84 Å². The van der Waals surface area contributed by atoms with E-state index in [1.165, 1.54) is 11.2 Å². The van der Waals surface area contributed by atoms with Gasteiger partial charge in [-0.05, 0) is 31.8 Å². The molecule has 2 N–H and O–H groups in total. The molecule has 2 atom stereocenters. The van der Waals surface area contributed by atoms with Gasteiger partial charge in [0.1, 0.15) is 11.1 Å². The lowest BCUT2D eigenvalue weighted by molar-refractivity contribution is -0.140. The Kier molecular flexibility index (Phi) is 9.64. The quantitative estimate of drug-likeness (QED) is 0.358. The number of carboxylic acid groups (broad SMARTS) is 1. The fraction of sp³-hybridized carbons (Fsp3) is 0.765. The zero-order valence-electron chi connectivity index (χ0n) is 15.2. The number of carbonyl (C=O) groups excluding carboxylic acids is 1. The first-order valence-electron chi connectivity index (χ1n) is 8.95. The zero-order chi connectivity index (χ0) is 19.6. The van der Waals surface area contributed by atoms with E-state index in [0.717, 1.165) is 19.3 Å². The third-order valence-corrected chi connectivity index (χ3v) is 6.20. The average Bonchev–Trinajstić information content (AvgIpc) is 2.77. The summed E-state index contributed by atoms with van der Waals surface area (Å²) in [5.74, 6) is -2.02. The van der Waals surface area contributed by atoms with Crippen molar-refractivity contribution < 1.29 is 33.0 Å². The third kappa shape index (κ3) is 7.74. The molecular formula is C17H29NO7S. The summed E-state index contributed by atoms with van der Waals surface area (Å²) in [6, 6.07) is 0. The third-order valence-electron chi connectivity index (χ3n) is 4.23. The van der Waals surface area contributed by atoms with Gasteiger partial charge >= 0.3 is 5.97 Å². The van der Waals surface area contributed by atoms with Crippen molar-refractivity contribution in [2.75, 3.05) is 18.9 Å². The van der Waals surface area contributed by atoms with Crippen LogP contribution >= 0.6 is 0 Å². The molecule has 1 saturated heterocycles. The minimum Gasteiger partial charge on any atom is -0.490 e. The van der Waals surface area contributed by atoms with Crippen LogP contribution in [0.1, 0.15) is 51.9 Å². The lowest BCUT2D eigenvalue weighted by Gasteiger charge is -2.24. The van der Waals surface area contributed by atoms with E-state index in [0.29, 0.717) is 19.3 Å². The van der Waals surface area contributed by atoms with Gasteiger partial charge in [-0.25, -0.2) is 13.2 Å². The molecule has 0 spiro atoms. The number of rotatable bonds is 13. The first-order valence-corrected chi connectivity index (χ1v) is 10.7. The van der Waals surface area contributed by atoms with Crippen LogP contribution in [0.15, 0.2) is 12.3 Å². The number of sulfone groups is 1. The maximum Gasteiger partial charge on any atom is 0.341 e. The Morgan fingerprint density at radius 3 is 2.77 bits per heavy atom. The molecule has 0 aromatic heterocycles. The molecule has 1 aliphatic rings. The molecule has 150 valence electrons.